The van der Waals surface area contributed by atoms with E-state index in [-0.39, 0.29) is 17.2 Å². The van der Waals surface area contributed by atoms with Gasteiger partial charge in [-0.25, -0.2) is 9.82 Å². The summed E-state index contributed by atoms with van der Waals surface area (Å²) in [5, 5.41) is 6.15. The van der Waals surface area contributed by atoms with Crippen LogP contribution in [0.1, 0.15) is 11.1 Å². The third kappa shape index (κ3) is 5.27. The van der Waals surface area contributed by atoms with Gasteiger partial charge in [0.2, 0.25) is 0 Å². The van der Waals surface area contributed by atoms with Gasteiger partial charge in [0, 0.05) is 12.6 Å². The van der Waals surface area contributed by atoms with Crippen LogP contribution < -0.4 is 15.5 Å². The molecule has 0 bridgehead atoms. The minimum atomic E-state index is -0.871. The second-order valence-corrected chi connectivity index (χ2v) is 6.22. The normalized spacial score (nSPS) is 10.6. The Labute approximate surface area is 162 Å². The molecule has 0 atom stereocenters. The number of amides is 2. The van der Waals surface area contributed by atoms with Crippen molar-refractivity contribution in [3.63, 3.8) is 0 Å². The van der Waals surface area contributed by atoms with E-state index in [2.05, 4.69) is 31.8 Å². The molecule has 0 aliphatic heterocycles. The maximum absolute atomic E-state index is 13.7. The second kappa shape index (κ2) is 9.30. The summed E-state index contributed by atoms with van der Waals surface area (Å²) in [4.78, 5) is 22.3. The number of carbonyl (C=O) groups is 2. The number of benzene rings is 2. The van der Waals surface area contributed by atoms with Crippen LogP contribution in [0.15, 0.2) is 46.0 Å². The number of hydrogen-bond donors (Lipinski definition) is 2. The molecule has 9 heteroatoms. The highest BCUT2D eigenvalue weighted by Gasteiger charge is 2.10. The number of nitrogens with zero attached hydrogens (tertiary/aromatic N) is 1. The molecule has 26 heavy (non-hydrogen) atoms. The van der Waals surface area contributed by atoms with Gasteiger partial charge < -0.3 is 10.1 Å². The van der Waals surface area contributed by atoms with E-state index in [9.17, 15) is 14.0 Å². The Balaban J connectivity index is 2.01. The molecule has 0 fully saturated rings. The molecular weight excluding hydrogens is 429 g/mol. The van der Waals surface area contributed by atoms with Crippen molar-refractivity contribution in [2.24, 2.45) is 5.10 Å². The maximum Gasteiger partial charge on any atom is 0.329 e. The average molecular weight is 443 g/mol. The number of halogens is 3. The van der Waals surface area contributed by atoms with Crippen LogP contribution in [-0.4, -0.2) is 25.1 Å². The number of nitrogens with one attached hydrogen (secondary N) is 2. The van der Waals surface area contributed by atoms with Crippen LogP contribution in [0, 0.1) is 5.82 Å². The molecule has 0 unspecified atom stereocenters. The molecule has 0 saturated carbocycles. The van der Waals surface area contributed by atoms with E-state index in [1.807, 2.05) is 0 Å². The Morgan fingerprint density at radius 2 is 2.08 bits per heavy atom. The molecule has 2 rings (SSSR count). The number of rotatable bonds is 5. The van der Waals surface area contributed by atoms with Crippen molar-refractivity contribution in [2.75, 3.05) is 7.05 Å². The van der Waals surface area contributed by atoms with Crippen LogP contribution in [0.3, 0.4) is 0 Å². The van der Waals surface area contributed by atoms with Crippen molar-refractivity contribution in [2.45, 2.75) is 6.61 Å². The van der Waals surface area contributed by atoms with Crippen molar-refractivity contribution in [3.8, 4) is 5.75 Å². The molecule has 0 spiro atoms. The Morgan fingerprint density at radius 3 is 2.73 bits per heavy atom. The van der Waals surface area contributed by atoms with Crippen LogP contribution in [-0.2, 0) is 16.2 Å². The molecule has 2 N–H and O–H groups in total. The monoisotopic (exact) mass is 441 g/mol. The minimum Gasteiger partial charge on any atom is -0.488 e. The fourth-order valence-electron chi connectivity index (χ4n) is 1.86. The van der Waals surface area contributed by atoms with Crippen molar-refractivity contribution in [1.82, 2.24) is 10.7 Å². The van der Waals surface area contributed by atoms with Crippen LogP contribution >= 0.6 is 27.5 Å². The van der Waals surface area contributed by atoms with E-state index in [0.717, 1.165) is 0 Å². The van der Waals surface area contributed by atoms with Gasteiger partial charge in [0.05, 0.1) is 15.7 Å². The minimum absolute atomic E-state index is 0.0280. The molecule has 0 heterocycles. The number of ether oxygens (including phenoxy) is 1. The molecule has 0 aliphatic carbocycles. The SMILES string of the molecule is CNC(=O)C(=O)N/N=C\c1ccc(OCc2c(F)cccc2Cl)c(Br)c1. The maximum atomic E-state index is 13.7. The first kappa shape index (κ1) is 19.9. The van der Waals surface area contributed by atoms with Gasteiger partial charge in [0.25, 0.3) is 0 Å². The van der Waals surface area contributed by atoms with Gasteiger partial charge in [-0.1, -0.05) is 17.7 Å². The lowest BCUT2D eigenvalue weighted by Gasteiger charge is -2.10. The molecule has 2 aromatic rings. The Morgan fingerprint density at radius 1 is 1.31 bits per heavy atom. The lowest BCUT2D eigenvalue weighted by molar-refractivity contribution is -0.138. The van der Waals surface area contributed by atoms with E-state index in [1.54, 1.807) is 24.3 Å². The average Bonchev–Trinajstić information content (AvgIpc) is 2.62. The third-order valence-electron chi connectivity index (χ3n) is 3.20. The van der Waals surface area contributed by atoms with E-state index in [0.29, 0.717) is 15.8 Å². The quantitative estimate of drug-likeness (QED) is 0.424. The lowest BCUT2D eigenvalue weighted by Crippen LogP contribution is -2.35. The van der Waals surface area contributed by atoms with Crippen molar-refractivity contribution in [3.05, 3.63) is 62.8 Å². The molecule has 2 aromatic carbocycles. The summed E-state index contributed by atoms with van der Waals surface area (Å²) in [5.74, 6) is -1.62. The largest absolute Gasteiger partial charge is 0.488 e. The molecule has 2 amide bonds. The summed E-state index contributed by atoms with van der Waals surface area (Å²) in [6, 6.07) is 9.44. The molecule has 0 saturated heterocycles. The highest BCUT2D eigenvalue weighted by atomic mass is 79.9. The first-order valence-electron chi connectivity index (χ1n) is 7.32. The van der Waals surface area contributed by atoms with Gasteiger partial charge in [-0.3, -0.25) is 9.59 Å². The van der Waals surface area contributed by atoms with Gasteiger partial charge in [-0.05, 0) is 51.8 Å². The summed E-state index contributed by atoms with van der Waals surface area (Å²) in [5.41, 5.74) is 3.00. The zero-order valence-electron chi connectivity index (χ0n) is 13.6. The first-order valence-corrected chi connectivity index (χ1v) is 8.50. The van der Waals surface area contributed by atoms with Crippen molar-refractivity contribution in [1.29, 1.82) is 0 Å². The van der Waals surface area contributed by atoms with Crippen LogP contribution in [0.2, 0.25) is 5.02 Å². The van der Waals surface area contributed by atoms with Crippen LogP contribution in [0.5, 0.6) is 5.75 Å². The number of likely N-dealkylation sites (N-methyl/N-ethyl adjacent to an activating group) is 1. The molecular formula is C17H14BrClFN3O3. The number of hydrazone groups is 1. The van der Waals surface area contributed by atoms with Gasteiger partial charge >= 0.3 is 11.8 Å². The van der Waals surface area contributed by atoms with E-state index in [1.165, 1.54) is 25.4 Å². The zero-order chi connectivity index (χ0) is 19.1. The molecule has 6 nitrogen and oxygen atoms in total. The highest BCUT2D eigenvalue weighted by molar-refractivity contribution is 9.10. The summed E-state index contributed by atoms with van der Waals surface area (Å²) in [7, 11) is 1.34. The Hall–Kier alpha value is -2.45. The molecule has 136 valence electrons. The van der Waals surface area contributed by atoms with Gasteiger partial charge in [0.1, 0.15) is 18.2 Å². The smallest absolute Gasteiger partial charge is 0.329 e. The summed E-state index contributed by atoms with van der Waals surface area (Å²) >= 11 is 9.31. The zero-order valence-corrected chi connectivity index (χ0v) is 15.9. The molecule has 0 radical (unpaired) electrons. The molecule has 0 aromatic heterocycles. The summed E-state index contributed by atoms with van der Waals surface area (Å²) in [6.07, 6.45) is 1.36. The van der Waals surface area contributed by atoms with Crippen molar-refractivity contribution < 1.29 is 18.7 Å². The van der Waals surface area contributed by atoms with Gasteiger partial charge in [0.15, 0.2) is 0 Å². The summed E-state index contributed by atoms with van der Waals surface area (Å²) in [6.45, 7) is -0.0280. The highest BCUT2D eigenvalue weighted by Crippen LogP contribution is 2.28. The fourth-order valence-corrected chi connectivity index (χ4v) is 2.59. The third-order valence-corrected chi connectivity index (χ3v) is 4.18. The topological polar surface area (TPSA) is 79.8 Å². The molecule has 0 aliphatic rings. The Kier molecular flexibility index (Phi) is 7.11. The van der Waals surface area contributed by atoms with Crippen molar-refractivity contribution >= 4 is 45.6 Å². The second-order valence-electron chi connectivity index (χ2n) is 4.96. The van der Waals surface area contributed by atoms with E-state index < -0.39 is 17.6 Å². The van der Waals surface area contributed by atoms with Crippen LogP contribution in [0.4, 0.5) is 4.39 Å². The van der Waals surface area contributed by atoms with Gasteiger partial charge in [-0.2, -0.15) is 5.10 Å². The van der Waals surface area contributed by atoms with Gasteiger partial charge in [-0.15, -0.1) is 0 Å². The number of carbonyl (C=O) groups excluding carboxylic acids is 2. The summed E-state index contributed by atoms with van der Waals surface area (Å²) < 4.78 is 19.9. The fraction of sp³-hybridized carbons (Fsp3) is 0.118. The lowest BCUT2D eigenvalue weighted by atomic mass is 10.2. The number of hydrogen-bond acceptors (Lipinski definition) is 4. The van der Waals surface area contributed by atoms with Crippen LogP contribution in [0.25, 0.3) is 0 Å². The predicted octanol–water partition coefficient (Wildman–Crippen LogP) is 3.02. The first-order chi connectivity index (χ1) is 12.4. The van der Waals surface area contributed by atoms with E-state index in [4.69, 9.17) is 16.3 Å². The van der Waals surface area contributed by atoms with E-state index >= 15 is 0 Å². The predicted molar refractivity (Wildman–Crippen MR) is 99.7 cm³/mol. The standard InChI is InChI=1S/C17H14BrClFN3O3/c1-21-16(24)17(25)23-22-8-10-5-6-15(12(18)7-10)26-9-11-13(19)3-2-4-14(11)20/h2-8H,9H2,1H3,(H,21,24)(H,23,25)/b22-8-. The Bertz CT molecular complexity index is 841.